The highest BCUT2D eigenvalue weighted by atomic mass is 35.5. The molecule has 1 heterocycles. The number of amides is 3. The van der Waals surface area contributed by atoms with Gasteiger partial charge in [-0.1, -0.05) is 108 Å². The van der Waals surface area contributed by atoms with Gasteiger partial charge in [-0.3, -0.25) is 14.4 Å². The monoisotopic (exact) mass is 738 g/mol. The number of benzene rings is 5. The lowest BCUT2D eigenvalue weighted by atomic mass is 10.0. The van der Waals surface area contributed by atoms with E-state index in [1.165, 1.54) is 23.1 Å². The van der Waals surface area contributed by atoms with Crippen LogP contribution in [0.4, 0.5) is 10.7 Å². The Balaban J connectivity index is 1.23. The zero-order valence-corrected chi connectivity index (χ0v) is 30.2. The largest absolute Gasteiger partial charge is 0.321 e. The molecule has 6 aromatic rings. The number of hydrogen-bond donors (Lipinski definition) is 3. The van der Waals surface area contributed by atoms with Crippen molar-refractivity contribution in [3.63, 3.8) is 0 Å². The number of hydrogen-bond acceptors (Lipinski definition) is 6. The third kappa shape index (κ3) is 9.05. The van der Waals surface area contributed by atoms with Gasteiger partial charge in [0.05, 0.1) is 5.56 Å². The molecule has 0 aliphatic carbocycles. The number of nitriles is 1. The molecule has 256 valence electrons. The third-order valence-corrected chi connectivity index (χ3v) is 10.3. The first-order chi connectivity index (χ1) is 25.3. The van der Waals surface area contributed by atoms with E-state index in [4.69, 9.17) is 11.6 Å². The Bertz CT molecular complexity index is 2280. The summed E-state index contributed by atoms with van der Waals surface area (Å²) in [5.74, 6) is -1.27. The van der Waals surface area contributed by atoms with Crippen LogP contribution in [0.2, 0.25) is 5.02 Å². The zero-order valence-electron chi connectivity index (χ0n) is 27.8. The quantitative estimate of drug-likeness (QED) is 0.0905. The van der Waals surface area contributed by atoms with Crippen molar-refractivity contribution in [2.75, 3.05) is 10.6 Å². The first-order valence-corrected chi connectivity index (χ1v) is 18.3. The molecule has 3 N–H and O–H groups in total. The molecule has 10 heteroatoms. The minimum atomic E-state index is -0.686. The number of carbonyl (C=O) groups is 3. The van der Waals surface area contributed by atoms with Gasteiger partial charge in [0.25, 0.3) is 11.8 Å². The Labute approximate surface area is 315 Å². The Morgan fingerprint density at radius 3 is 2.21 bits per heavy atom. The van der Waals surface area contributed by atoms with Crippen LogP contribution in [0.1, 0.15) is 37.9 Å². The second-order valence-corrected chi connectivity index (χ2v) is 14.1. The van der Waals surface area contributed by atoms with E-state index in [1.54, 1.807) is 78.9 Å². The highest BCUT2D eigenvalue weighted by Gasteiger charge is 2.25. The van der Waals surface area contributed by atoms with Crippen LogP contribution < -0.4 is 16.0 Å². The number of aryl methyl sites for hydroxylation is 1. The van der Waals surface area contributed by atoms with Crippen LogP contribution in [0.25, 0.3) is 17.2 Å². The number of nitrogens with one attached hydrogen (secondary N) is 3. The van der Waals surface area contributed by atoms with Gasteiger partial charge in [-0.15, -0.1) is 23.1 Å². The molecule has 0 radical (unpaired) electrons. The van der Waals surface area contributed by atoms with Crippen molar-refractivity contribution in [1.29, 1.82) is 5.26 Å². The molecule has 0 aliphatic heterocycles. The predicted octanol–water partition coefficient (Wildman–Crippen LogP) is 10.1. The lowest BCUT2D eigenvalue weighted by Crippen LogP contribution is -2.30. The molecular formula is C42H31ClN4O3S2. The molecule has 0 aliphatic rings. The summed E-state index contributed by atoms with van der Waals surface area (Å²) >= 11 is 8.69. The van der Waals surface area contributed by atoms with Gasteiger partial charge in [-0.05, 0) is 72.2 Å². The SMILES string of the molecule is Cc1ccc(-c2csc(NC(=O)C(Sc3cccc(NC(=O)/C(=C\c4ccc(Cl)cc4)NC(=O)c4ccccc4)c3)c3ccccc3)c2C#N)cc1. The molecular weight excluding hydrogens is 708 g/mol. The molecule has 0 spiro atoms. The van der Waals surface area contributed by atoms with E-state index in [0.29, 0.717) is 37.3 Å². The fourth-order valence-corrected chi connectivity index (χ4v) is 7.37. The standard InChI is InChI=1S/C42H31ClN4O3S2/c1-27-15-19-29(20-16-27)36-26-51-42(35(36)25-44)47-41(50)38(30-9-4-2-5-10-30)52-34-14-8-13-33(24-34)45-40(49)37(23-28-17-21-32(43)22-18-28)46-39(48)31-11-6-3-7-12-31/h2-24,26,38H,1H3,(H,45,49)(H,46,48)(H,47,50)/b37-23+. The number of nitrogens with zero attached hydrogens (tertiary/aromatic N) is 1. The molecule has 7 nitrogen and oxygen atoms in total. The van der Waals surface area contributed by atoms with Gasteiger partial charge in [0.1, 0.15) is 22.0 Å². The average molecular weight is 739 g/mol. The molecule has 6 rings (SSSR count). The third-order valence-electron chi connectivity index (χ3n) is 7.90. The molecule has 0 fully saturated rings. The normalized spacial score (nSPS) is 11.6. The van der Waals surface area contributed by atoms with Crippen molar-refractivity contribution >= 4 is 69.2 Å². The molecule has 0 saturated carbocycles. The van der Waals surface area contributed by atoms with Crippen LogP contribution in [-0.4, -0.2) is 17.7 Å². The lowest BCUT2D eigenvalue weighted by molar-refractivity contribution is -0.116. The molecule has 0 saturated heterocycles. The number of halogens is 1. The van der Waals surface area contributed by atoms with E-state index in [1.807, 2.05) is 73.0 Å². The number of carbonyl (C=O) groups excluding carboxylic acids is 3. The van der Waals surface area contributed by atoms with Gasteiger partial charge in [-0.25, -0.2) is 0 Å². The smallest absolute Gasteiger partial charge is 0.272 e. The van der Waals surface area contributed by atoms with Crippen LogP contribution in [0.15, 0.2) is 149 Å². The Kier molecular flexibility index (Phi) is 11.6. The van der Waals surface area contributed by atoms with E-state index in [-0.39, 0.29) is 11.6 Å². The number of anilines is 2. The average Bonchev–Trinajstić information content (AvgIpc) is 3.57. The van der Waals surface area contributed by atoms with E-state index in [0.717, 1.165) is 22.3 Å². The van der Waals surface area contributed by atoms with Crippen LogP contribution in [-0.2, 0) is 9.59 Å². The van der Waals surface area contributed by atoms with E-state index in [9.17, 15) is 19.6 Å². The maximum Gasteiger partial charge on any atom is 0.272 e. The summed E-state index contributed by atoms with van der Waals surface area (Å²) in [4.78, 5) is 41.5. The van der Waals surface area contributed by atoms with Gasteiger partial charge in [0.2, 0.25) is 5.91 Å². The summed E-state index contributed by atoms with van der Waals surface area (Å²) in [6.45, 7) is 2.00. The number of thioether (sulfide) groups is 1. The van der Waals surface area contributed by atoms with Gasteiger partial charge < -0.3 is 16.0 Å². The second-order valence-electron chi connectivity index (χ2n) is 11.6. The summed E-state index contributed by atoms with van der Waals surface area (Å²) in [6, 6.07) is 42.2. The number of rotatable bonds is 11. The summed E-state index contributed by atoms with van der Waals surface area (Å²) in [5.41, 5.74) is 5.52. The highest BCUT2D eigenvalue weighted by Crippen LogP contribution is 2.40. The zero-order chi connectivity index (χ0) is 36.5. The first-order valence-electron chi connectivity index (χ1n) is 16.1. The van der Waals surface area contributed by atoms with Gasteiger partial charge in [0.15, 0.2) is 0 Å². The van der Waals surface area contributed by atoms with E-state index >= 15 is 0 Å². The maximum absolute atomic E-state index is 14.0. The summed E-state index contributed by atoms with van der Waals surface area (Å²) in [5, 5.41) is 20.9. The topological polar surface area (TPSA) is 111 Å². The minimum absolute atomic E-state index is 0.0324. The van der Waals surface area contributed by atoms with Crippen LogP contribution in [0.3, 0.4) is 0 Å². The van der Waals surface area contributed by atoms with Crippen LogP contribution in [0, 0.1) is 18.3 Å². The van der Waals surface area contributed by atoms with Gasteiger partial charge >= 0.3 is 0 Å². The highest BCUT2D eigenvalue weighted by molar-refractivity contribution is 8.00. The van der Waals surface area contributed by atoms with Crippen molar-refractivity contribution in [3.05, 3.63) is 177 Å². The summed E-state index contributed by atoms with van der Waals surface area (Å²) in [6.07, 6.45) is 1.57. The van der Waals surface area contributed by atoms with Gasteiger partial charge in [-0.2, -0.15) is 5.26 Å². The van der Waals surface area contributed by atoms with Gasteiger partial charge in [0, 0.05) is 32.1 Å². The first kappa shape index (κ1) is 35.9. The fourth-order valence-electron chi connectivity index (χ4n) is 5.23. The lowest BCUT2D eigenvalue weighted by Gasteiger charge is -2.17. The summed E-state index contributed by atoms with van der Waals surface area (Å²) < 4.78 is 0. The second kappa shape index (κ2) is 16.9. The molecule has 1 aromatic heterocycles. The van der Waals surface area contributed by atoms with Crippen LogP contribution >= 0.6 is 34.7 Å². The molecule has 3 amide bonds. The number of thiophene rings is 1. The molecule has 1 atom stereocenters. The van der Waals surface area contributed by atoms with Crippen molar-refractivity contribution in [3.8, 4) is 17.2 Å². The predicted molar refractivity (Wildman–Crippen MR) is 211 cm³/mol. The Hall–Kier alpha value is -5.92. The molecule has 0 bridgehead atoms. The summed E-state index contributed by atoms with van der Waals surface area (Å²) in [7, 11) is 0. The van der Waals surface area contributed by atoms with E-state index in [2.05, 4.69) is 22.0 Å². The Morgan fingerprint density at radius 1 is 0.827 bits per heavy atom. The van der Waals surface area contributed by atoms with Crippen LogP contribution in [0.5, 0.6) is 0 Å². The molecule has 5 aromatic carbocycles. The fraction of sp³-hybridized carbons (Fsp3) is 0.0476. The van der Waals surface area contributed by atoms with Crippen molar-refractivity contribution in [2.45, 2.75) is 17.1 Å². The molecule has 52 heavy (non-hydrogen) atoms. The van der Waals surface area contributed by atoms with Crippen molar-refractivity contribution in [1.82, 2.24) is 5.32 Å². The van der Waals surface area contributed by atoms with E-state index < -0.39 is 17.1 Å². The Morgan fingerprint density at radius 2 is 1.52 bits per heavy atom. The van der Waals surface area contributed by atoms with Crippen molar-refractivity contribution < 1.29 is 14.4 Å². The minimum Gasteiger partial charge on any atom is -0.321 e. The van der Waals surface area contributed by atoms with Crippen molar-refractivity contribution in [2.24, 2.45) is 0 Å². The maximum atomic E-state index is 14.0. The molecule has 1 unspecified atom stereocenters.